The van der Waals surface area contributed by atoms with Crippen LogP contribution in [0.3, 0.4) is 0 Å². The summed E-state index contributed by atoms with van der Waals surface area (Å²) >= 11 is 0. The number of benzene rings is 1. The molecular weight excluding hydrogens is 207 g/mol. The second-order valence-corrected chi connectivity index (χ2v) is 3.67. The zero-order valence-corrected chi connectivity index (χ0v) is 9.64. The van der Waals surface area contributed by atoms with Gasteiger partial charge in [-0.15, -0.1) is 0 Å². The Balaban J connectivity index is 2.55. The van der Waals surface area contributed by atoms with Crippen LogP contribution in [0.15, 0.2) is 18.2 Å². The maximum absolute atomic E-state index is 13.0. The van der Waals surface area contributed by atoms with Crippen molar-refractivity contribution < 1.29 is 9.18 Å². The number of hydrogen-bond donors (Lipinski definition) is 2. The second-order valence-electron chi connectivity index (χ2n) is 3.67. The molecule has 2 N–H and O–H groups in total. The molecule has 0 unspecified atom stereocenters. The number of rotatable bonds is 5. The molecular formula is C12H17FN2O. The van der Waals surface area contributed by atoms with Crippen LogP contribution in [0.2, 0.25) is 0 Å². The van der Waals surface area contributed by atoms with Crippen molar-refractivity contribution in [1.82, 2.24) is 10.6 Å². The third kappa shape index (κ3) is 3.62. The predicted molar refractivity (Wildman–Crippen MR) is 62.0 cm³/mol. The number of amides is 1. The van der Waals surface area contributed by atoms with Crippen LogP contribution in [-0.4, -0.2) is 26.0 Å². The van der Waals surface area contributed by atoms with Crippen LogP contribution in [0.4, 0.5) is 4.39 Å². The van der Waals surface area contributed by atoms with E-state index in [4.69, 9.17) is 0 Å². The topological polar surface area (TPSA) is 41.1 Å². The van der Waals surface area contributed by atoms with Gasteiger partial charge >= 0.3 is 0 Å². The van der Waals surface area contributed by atoms with Gasteiger partial charge in [-0.25, -0.2) is 4.39 Å². The van der Waals surface area contributed by atoms with E-state index in [0.717, 1.165) is 18.5 Å². The van der Waals surface area contributed by atoms with Crippen LogP contribution in [0, 0.1) is 12.7 Å². The summed E-state index contributed by atoms with van der Waals surface area (Å²) in [6, 6.07) is 4.23. The minimum Gasteiger partial charge on any atom is -0.352 e. The second kappa shape index (κ2) is 6.23. The molecule has 1 rings (SSSR count). The van der Waals surface area contributed by atoms with Crippen molar-refractivity contribution >= 4 is 5.91 Å². The Hall–Kier alpha value is -1.42. The Bertz CT molecular complexity index is 366. The average molecular weight is 224 g/mol. The first-order valence-electron chi connectivity index (χ1n) is 5.34. The van der Waals surface area contributed by atoms with Gasteiger partial charge in [-0.1, -0.05) is 6.07 Å². The summed E-state index contributed by atoms with van der Waals surface area (Å²) in [5.41, 5.74) is 1.19. The van der Waals surface area contributed by atoms with E-state index in [1.54, 1.807) is 13.0 Å². The lowest BCUT2D eigenvalue weighted by Gasteiger charge is -2.07. The monoisotopic (exact) mass is 224 g/mol. The van der Waals surface area contributed by atoms with E-state index in [2.05, 4.69) is 10.6 Å². The van der Waals surface area contributed by atoms with E-state index >= 15 is 0 Å². The van der Waals surface area contributed by atoms with Crippen molar-refractivity contribution in [3.05, 3.63) is 35.1 Å². The summed E-state index contributed by atoms with van der Waals surface area (Å²) < 4.78 is 13.0. The molecule has 1 aromatic carbocycles. The molecule has 88 valence electrons. The maximum Gasteiger partial charge on any atom is 0.251 e. The highest BCUT2D eigenvalue weighted by molar-refractivity contribution is 5.95. The van der Waals surface area contributed by atoms with Crippen molar-refractivity contribution in [2.45, 2.75) is 13.3 Å². The van der Waals surface area contributed by atoms with Gasteiger partial charge in [0.2, 0.25) is 0 Å². The molecule has 0 aliphatic heterocycles. The molecule has 0 saturated carbocycles. The molecule has 0 aliphatic rings. The molecule has 0 radical (unpaired) electrons. The third-order valence-corrected chi connectivity index (χ3v) is 2.33. The summed E-state index contributed by atoms with van der Waals surface area (Å²) in [4.78, 5) is 11.7. The van der Waals surface area contributed by atoms with Crippen LogP contribution in [-0.2, 0) is 0 Å². The molecule has 0 spiro atoms. The molecule has 1 amide bonds. The molecule has 0 saturated heterocycles. The molecule has 0 bridgehead atoms. The van der Waals surface area contributed by atoms with Gasteiger partial charge in [-0.2, -0.15) is 0 Å². The van der Waals surface area contributed by atoms with E-state index in [1.807, 2.05) is 7.05 Å². The number of aryl methyl sites for hydroxylation is 1. The number of carbonyl (C=O) groups excluding carboxylic acids is 1. The Kier molecular flexibility index (Phi) is 4.92. The van der Waals surface area contributed by atoms with E-state index in [9.17, 15) is 9.18 Å². The highest BCUT2D eigenvalue weighted by Crippen LogP contribution is 2.09. The van der Waals surface area contributed by atoms with Crippen LogP contribution < -0.4 is 10.6 Å². The minimum absolute atomic E-state index is 0.215. The molecule has 0 aliphatic carbocycles. The summed E-state index contributed by atoms with van der Waals surface area (Å²) in [5, 5.41) is 5.75. The Morgan fingerprint density at radius 1 is 1.38 bits per heavy atom. The first-order valence-corrected chi connectivity index (χ1v) is 5.34. The highest BCUT2D eigenvalue weighted by Gasteiger charge is 2.08. The summed E-state index contributed by atoms with van der Waals surface area (Å²) in [6.07, 6.45) is 0.858. The summed E-state index contributed by atoms with van der Waals surface area (Å²) in [5.74, 6) is -0.598. The molecule has 16 heavy (non-hydrogen) atoms. The van der Waals surface area contributed by atoms with Gasteiger partial charge in [0.1, 0.15) is 5.82 Å². The smallest absolute Gasteiger partial charge is 0.251 e. The van der Waals surface area contributed by atoms with Crippen molar-refractivity contribution in [2.24, 2.45) is 0 Å². The standard InChI is InChI=1S/C12H17FN2O/c1-9-4-5-10(13)8-11(9)12(16)15-7-3-6-14-2/h4-5,8,14H,3,6-7H2,1-2H3,(H,15,16). The third-order valence-electron chi connectivity index (χ3n) is 2.33. The first-order chi connectivity index (χ1) is 7.65. The lowest BCUT2D eigenvalue weighted by atomic mass is 10.1. The van der Waals surface area contributed by atoms with Gasteiger partial charge in [0, 0.05) is 12.1 Å². The van der Waals surface area contributed by atoms with Crippen molar-refractivity contribution in [3.63, 3.8) is 0 Å². The molecule has 0 heterocycles. The van der Waals surface area contributed by atoms with E-state index in [-0.39, 0.29) is 11.7 Å². The molecule has 0 fully saturated rings. The van der Waals surface area contributed by atoms with E-state index in [0.29, 0.717) is 12.1 Å². The fourth-order valence-electron chi connectivity index (χ4n) is 1.40. The number of nitrogens with one attached hydrogen (secondary N) is 2. The SMILES string of the molecule is CNCCCNC(=O)c1cc(F)ccc1C. The van der Waals surface area contributed by atoms with E-state index < -0.39 is 0 Å². The molecule has 4 heteroatoms. The quantitative estimate of drug-likeness (QED) is 0.744. The number of hydrogen-bond acceptors (Lipinski definition) is 2. The number of halogens is 1. The van der Waals surface area contributed by atoms with Crippen LogP contribution in [0.1, 0.15) is 22.3 Å². The van der Waals surface area contributed by atoms with Crippen molar-refractivity contribution in [2.75, 3.05) is 20.1 Å². The zero-order valence-electron chi connectivity index (χ0n) is 9.64. The Morgan fingerprint density at radius 2 is 2.12 bits per heavy atom. The van der Waals surface area contributed by atoms with Gasteiger partial charge in [0.25, 0.3) is 5.91 Å². The summed E-state index contributed by atoms with van der Waals surface area (Å²) in [7, 11) is 1.86. The largest absolute Gasteiger partial charge is 0.352 e. The van der Waals surface area contributed by atoms with Crippen molar-refractivity contribution in [3.8, 4) is 0 Å². The van der Waals surface area contributed by atoms with Crippen LogP contribution >= 0.6 is 0 Å². The fourth-order valence-corrected chi connectivity index (χ4v) is 1.40. The molecule has 3 nitrogen and oxygen atoms in total. The lowest BCUT2D eigenvalue weighted by Crippen LogP contribution is -2.27. The normalized spacial score (nSPS) is 10.2. The van der Waals surface area contributed by atoms with Gasteiger partial charge < -0.3 is 10.6 Å². The fraction of sp³-hybridized carbons (Fsp3) is 0.417. The zero-order chi connectivity index (χ0) is 12.0. The van der Waals surface area contributed by atoms with Crippen LogP contribution in [0.5, 0.6) is 0 Å². The van der Waals surface area contributed by atoms with Gasteiger partial charge in [-0.3, -0.25) is 4.79 Å². The van der Waals surface area contributed by atoms with Gasteiger partial charge in [0.15, 0.2) is 0 Å². The molecule has 0 atom stereocenters. The van der Waals surface area contributed by atoms with Gasteiger partial charge in [-0.05, 0) is 44.6 Å². The highest BCUT2D eigenvalue weighted by atomic mass is 19.1. The Labute approximate surface area is 95.0 Å². The van der Waals surface area contributed by atoms with Crippen LogP contribution in [0.25, 0.3) is 0 Å². The van der Waals surface area contributed by atoms with Gasteiger partial charge in [0.05, 0.1) is 0 Å². The first kappa shape index (κ1) is 12.6. The molecule has 1 aromatic rings. The summed E-state index contributed by atoms with van der Waals surface area (Å²) in [6.45, 7) is 3.24. The maximum atomic E-state index is 13.0. The Morgan fingerprint density at radius 3 is 2.81 bits per heavy atom. The van der Waals surface area contributed by atoms with Crippen molar-refractivity contribution in [1.29, 1.82) is 0 Å². The average Bonchev–Trinajstić information content (AvgIpc) is 2.27. The minimum atomic E-state index is -0.383. The molecule has 0 aromatic heterocycles. The number of carbonyl (C=O) groups is 1. The lowest BCUT2D eigenvalue weighted by molar-refractivity contribution is 0.0952. The predicted octanol–water partition coefficient (Wildman–Crippen LogP) is 1.47. The van der Waals surface area contributed by atoms with E-state index in [1.165, 1.54) is 12.1 Å².